The van der Waals surface area contributed by atoms with E-state index in [1.165, 1.54) is 36.4 Å². The normalized spacial score (nSPS) is 15.8. The van der Waals surface area contributed by atoms with Crippen LogP contribution in [0.5, 0.6) is 5.75 Å². The molecule has 10 nitrogen and oxygen atoms in total. The quantitative estimate of drug-likeness (QED) is 0.278. The second kappa shape index (κ2) is 13.3. The van der Waals surface area contributed by atoms with Gasteiger partial charge in [-0.25, -0.2) is 9.59 Å². The number of phenols is 1. The maximum Gasteiger partial charge on any atom is 0.335 e. The summed E-state index contributed by atoms with van der Waals surface area (Å²) in [6.07, 6.45) is 1.92. The van der Waals surface area contributed by atoms with E-state index < -0.39 is 18.0 Å². The van der Waals surface area contributed by atoms with E-state index in [1.807, 2.05) is 12.1 Å². The third kappa shape index (κ3) is 8.06. The molecule has 0 spiro atoms. The number of rotatable bonds is 9. The van der Waals surface area contributed by atoms with Crippen LogP contribution in [0, 0.1) is 11.3 Å². The number of urea groups is 1. The minimum atomic E-state index is -1.07. The molecule has 1 aliphatic heterocycles. The van der Waals surface area contributed by atoms with Crippen LogP contribution < -0.4 is 16.0 Å². The first-order valence-corrected chi connectivity index (χ1v) is 13.0. The number of amides is 3. The van der Waals surface area contributed by atoms with Gasteiger partial charge in [0.05, 0.1) is 17.2 Å². The predicted molar refractivity (Wildman–Crippen MR) is 149 cm³/mol. The molecule has 10 heteroatoms. The first kappa shape index (κ1) is 28.1. The smallest absolute Gasteiger partial charge is 0.335 e. The Balaban J connectivity index is 1.39. The zero-order valence-corrected chi connectivity index (χ0v) is 21.8. The van der Waals surface area contributed by atoms with Gasteiger partial charge in [0.1, 0.15) is 11.8 Å². The maximum atomic E-state index is 13.4. The van der Waals surface area contributed by atoms with Crippen LogP contribution in [0.3, 0.4) is 0 Å². The molecule has 3 amide bonds. The van der Waals surface area contributed by atoms with Crippen LogP contribution in [-0.4, -0.2) is 58.2 Å². The van der Waals surface area contributed by atoms with Crippen LogP contribution in [0.25, 0.3) is 0 Å². The van der Waals surface area contributed by atoms with Gasteiger partial charge in [0.15, 0.2) is 0 Å². The van der Waals surface area contributed by atoms with Gasteiger partial charge >= 0.3 is 12.0 Å². The van der Waals surface area contributed by atoms with E-state index in [1.54, 1.807) is 24.3 Å². The lowest BCUT2D eigenvalue weighted by Crippen LogP contribution is -2.54. The molecule has 3 aromatic rings. The summed E-state index contributed by atoms with van der Waals surface area (Å²) in [5.74, 6) is -1.29. The molecule has 5 N–H and O–H groups in total. The molecule has 40 heavy (non-hydrogen) atoms. The fourth-order valence-corrected chi connectivity index (χ4v) is 4.66. The zero-order chi connectivity index (χ0) is 28.5. The molecular formula is C30H31N5O5. The van der Waals surface area contributed by atoms with Crippen LogP contribution in [0.1, 0.15) is 39.9 Å². The van der Waals surface area contributed by atoms with Crippen molar-refractivity contribution in [2.45, 2.75) is 37.9 Å². The number of carboxylic acid groups (broad SMARTS) is 1. The lowest BCUT2D eigenvalue weighted by molar-refractivity contribution is -0.124. The number of nitriles is 1. The van der Waals surface area contributed by atoms with E-state index in [4.69, 9.17) is 10.4 Å². The first-order chi connectivity index (χ1) is 19.3. The highest BCUT2D eigenvalue weighted by Crippen LogP contribution is 2.16. The van der Waals surface area contributed by atoms with Crippen LogP contribution in [0.4, 0.5) is 10.5 Å². The first-order valence-electron chi connectivity index (χ1n) is 13.0. The van der Waals surface area contributed by atoms with Crippen molar-refractivity contribution in [1.29, 1.82) is 5.26 Å². The van der Waals surface area contributed by atoms with Gasteiger partial charge in [-0.15, -0.1) is 0 Å². The van der Waals surface area contributed by atoms with Crippen LogP contribution in [0.2, 0.25) is 0 Å². The van der Waals surface area contributed by atoms with Crippen molar-refractivity contribution in [2.24, 2.45) is 0 Å². The molecule has 206 valence electrons. The largest absolute Gasteiger partial charge is 0.508 e. The Morgan fingerprint density at radius 1 is 0.975 bits per heavy atom. The van der Waals surface area contributed by atoms with Crippen molar-refractivity contribution in [3.8, 4) is 11.8 Å². The summed E-state index contributed by atoms with van der Waals surface area (Å²) in [4.78, 5) is 39.5. The summed E-state index contributed by atoms with van der Waals surface area (Å²) in [7, 11) is 0. The van der Waals surface area contributed by atoms with Gasteiger partial charge in [-0.05, 0) is 79.0 Å². The van der Waals surface area contributed by atoms with Gasteiger partial charge in [-0.1, -0.05) is 24.3 Å². The number of carbonyl (C=O) groups is 3. The number of piperidine rings is 1. The number of nitrogens with zero attached hydrogens (tertiary/aromatic N) is 2. The maximum absolute atomic E-state index is 13.4. The lowest BCUT2D eigenvalue weighted by Gasteiger charge is -2.34. The van der Waals surface area contributed by atoms with E-state index in [0.717, 1.165) is 30.5 Å². The lowest BCUT2D eigenvalue weighted by atomic mass is 10.0. The fourth-order valence-electron chi connectivity index (χ4n) is 4.66. The molecule has 0 bridgehead atoms. The number of hydrogen-bond donors (Lipinski definition) is 5. The number of carboxylic acids is 1. The van der Waals surface area contributed by atoms with Crippen molar-refractivity contribution in [3.63, 3.8) is 0 Å². The number of likely N-dealkylation sites (tertiary alicyclic amines) is 1. The van der Waals surface area contributed by atoms with E-state index in [2.05, 4.69) is 26.9 Å². The van der Waals surface area contributed by atoms with Gasteiger partial charge < -0.3 is 26.2 Å². The average Bonchev–Trinajstić information content (AvgIpc) is 2.94. The zero-order valence-electron chi connectivity index (χ0n) is 21.8. The molecule has 1 saturated heterocycles. The molecule has 3 aromatic carbocycles. The van der Waals surface area contributed by atoms with Gasteiger partial charge in [-0.3, -0.25) is 9.69 Å². The molecule has 0 saturated carbocycles. The molecule has 0 aliphatic carbocycles. The second-order valence-corrected chi connectivity index (χ2v) is 9.80. The minimum absolute atomic E-state index is 0.0938. The number of carbonyl (C=O) groups excluding carboxylic acids is 2. The van der Waals surface area contributed by atoms with E-state index in [0.29, 0.717) is 24.3 Å². The van der Waals surface area contributed by atoms with E-state index in [-0.39, 0.29) is 29.7 Å². The minimum Gasteiger partial charge on any atom is -0.508 e. The SMILES string of the molecule is N#Cc1ccc(CN2CCCC(NC(=O)[C@H](Cc3ccc(O)cc3)NC(=O)Nc3ccc(C(=O)O)cc3)C2)cc1. The summed E-state index contributed by atoms with van der Waals surface area (Å²) in [6, 6.07) is 20.1. The molecule has 1 fully saturated rings. The van der Waals surface area contributed by atoms with Crippen molar-refractivity contribution in [2.75, 3.05) is 18.4 Å². The van der Waals surface area contributed by atoms with Gasteiger partial charge in [0.25, 0.3) is 0 Å². The second-order valence-electron chi connectivity index (χ2n) is 9.80. The highest BCUT2D eigenvalue weighted by Gasteiger charge is 2.27. The third-order valence-electron chi connectivity index (χ3n) is 6.73. The highest BCUT2D eigenvalue weighted by molar-refractivity contribution is 5.94. The van der Waals surface area contributed by atoms with Crippen molar-refractivity contribution >= 4 is 23.6 Å². The predicted octanol–water partition coefficient (Wildman–Crippen LogP) is 3.48. The molecule has 2 atom stereocenters. The number of benzene rings is 3. The number of aromatic carboxylic acids is 1. The van der Waals surface area contributed by atoms with Gasteiger partial charge in [0, 0.05) is 31.2 Å². The number of phenolic OH excluding ortho intramolecular Hbond substituents is 1. The Morgan fingerprint density at radius 3 is 2.30 bits per heavy atom. The topological polar surface area (TPSA) is 155 Å². The van der Waals surface area contributed by atoms with Crippen molar-refractivity contribution in [1.82, 2.24) is 15.5 Å². The summed E-state index contributed by atoms with van der Waals surface area (Å²) in [6.45, 7) is 2.25. The number of aromatic hydroxyl groups is 1. The van der Waals surface area contributed by atoms with Crippen molar-refractivity contribution < 1.29 is 24.6 Å². The molecule has 4 rings (SSSR count). The Labute approximate surface area is 232 Å². The summed E-state index contributed by atoms with van der Waals surface area (Å²) < 4.78 is 0. The Kier molecular flexibility index (Phi) is 9.33. The van der Waals surface area contributed by atoms with Gasteiger partial charge in [0.2, 0.25) is 5.91 Å². The van der Waals surface area contributed by atoms with E-state index >= 15 is 0 Å². The van der Waals surface area contributed by atoms with Crippen molar-refractivity contribution in [3.05, 3.63) is 95.1 Å². The summed E-state index contributed by atoms with van der Waals surface area (Å²) in [5, 5.41) is 36.2. The average molecular weight is 542 g/mol. The fraction of sp³-hybridized carbons (Fsp3) is 0.267. The van der Waals surface area contributed by atoms with Crippen LogP contribution in [-0.2, 0) is 17.8 Å². The monoisotopic (exact) mass is 541 g/mol. The molecule has 0 radical (unpaired) electrons. The molecule has 1 aliphatic rings. The Hall–Kier alpha value is -4.88. The number of nitrogens with one attached hydrogen (secondary N) is 3. The standard InChI is InChI=1S/C30H31N5O5/c31-17-21-3-5-22(6-4-21)18-35-15-1-2-25(19-35)32-28(37)27(16-20-7-13-26(36)14-8-20)34-30(40)33-24-11-9-23(10-12-24)29(38)39/h3-14,25,27,36H,1-2,15-16,18-19H2,(H,32,37)(H,38,39)(H2,33,34,40)/t25?,27-/m0/s1. The number of anilines is 1. The van der Waals surface area contributed by atoms with Crippen LogP contribution in [0.15, 0.2) is 72.8 Å². The summed E-state index contributed by atoms with van der Waals surface area (Å²) >= 11 is 0. The highest BCUT2D eigenvalue weighted by atomic mass is 16.4. The number of hydrogen-bond acceptors (Lipinski definition) is 6. The molecule has 1 heterocycles. The summed E-state index contributed by atoms with van der Waals surface area (Å²) in [5.41, 5.74) is 2.94. The van der Waals surface area contributed by atoms with E-state index in [9.17, 15) is 19.5 Å². The molecule has 0 aromatic heterocycles. The van der Waals surface area contributed by atoms with Gasteiger partial charge in [-0.2, -0.15) is 5.26 Å². The third-order valence-corrected chi connectivity index (χ3v) is 6.73. The molecule has 1 unspecified atom stereocenters. The van der Waals surface area contributed by atoms with Crippen LogP contribution >= 0.6 is 0 Å². The Bertz CT molecular complexity index is 1370. The Morgan fingerprint density at radius 2 is 1.65 bits per heavy atom. The molecular weight excluding hydrogens is 510 g/mol.